The first kappa shape index (κ1) is 33.6. The Labute approximate surface area is 300 Å². The van der Waals surface area contributed by atoms with Crippen LogP contribution in [-0.2, 0) is 27.2 Å². The lowest BCUT2D eigenvalue weighted by atomic mass is 9.91. The summed E-state index contributed by atoms with van der Waals surface area (Å²) >= 11 is 0. The van der Waals surface area contributed by atoms with Crippen molar-refractivity contribution in [3.8, 4) is 22.4 Å². The fourth-order valence-corrected chi connectivity index (χ4v) is 9.14. The molecule has 4 heterocycles. The number of H-pyrrole nitrogens is 2. The third-order valence-corrected chi connectivity index (χ3v) is 11.6. The number of hydrogen-bond donors (Lipinski definition) is 2. The summed E-state index contributed by atoms with van der Waals surface area (Å²) in [4.78, 5) is 47.6. The summed E-state index contributed by atoms with van der Waals surface area (Å²) < 4.78 is 5.19. The van der Waals surface area contributed by atoms with E-state index in [1.165, 1.54) is 27.8 Å². The third-order valence-electron chi connectivity index (χ3n) is 11.6. The molecule has 0 bridgehead atoms. The van der Waals surface area contributed by atoms with Gasteiger partial charge in [0.1, 0.15) is 11.6 Å². The van der Waals surface area contributed by atoms with Gasteiger partial charge >= 0.3 is 0 Å². The third kappa shape index (κ3) is 6.03. The zero-order chi connectivity index (χ0) is 35.4. The van der Waals surface area contributed by atoms with Crippen LogP contribution >= 0.6 is 0 Å². The number of likely N-dealkylation sites (tertiary alicyclic amines) is 2. The Morgan fingerprint density at radius 1 is 0.863 bits per heavy atom. The Hall–Kier alpha value is -4.50. The second kappa shape index (κ2) is 13.6. The van der Waals surface area contributed by atoms with Gasteiger partial charge in [0, 0.05) is 36.6 Å². The molecule has 0 saturated carbocycles. The van der Waals surface area contributed by atoms with E-state index in [1.807, 2.05) is 11.1 Å². The van der Waals surface area contributed by atoms with E-state index < -0.39 is 0 Å². The molecule has 3 aliphatic rings. The predicted octanol–water partition coefficient (Wildman–Crippen LogP) is 8.45. The molecule has 0 unspecified atom stereocenters. The van der Waals surface area contributed by atoms with Gasteiger partial charge < -0.3 is 24.5 Å². The molecular weight excluding hydrogens is 637 g/mol. The number of carbonyl (C=O) groups excluding carboxylic acids is 2. The molecule has 0 radical (unpaired) electrons. The van der Waals surface area contributed by atoms with E-state index in [-0.39, 0.29) is 36.0 Å². The lowest BCUT2D eigenvalue weighted by molar-refractivity contribution is -0.135. The maximum atomic E-state index is 13.2. The van der Waals surface area contributed by atoms with Crippen LogP contribution in [0, 0.1) is 5.92 Å². The molecule has 2 saturated heterocycles. The molecule has 2 amide bonds. The second-order valence-corrected chi connectivity index (χ2v) is 15.5. The molecular formula is C42H50N6O3. The Bertz CT molecular complexity index is 2110. The van der Waals surface area contributed by atoms with E-state index in [0.29, 0.717) is 25.4 Å². The highest BCUT2D eigenvalue weighted by molar-refractivity contribution is 6.05. The van der Waals surface area contributed by atoms with Gasteiger partial charge in [0.2, 0.25) is 11.8 Å². The van der Waals surface area contributed by atoms with Crippen molar-refractivity contribution in [2.24, 2.45) is 5.92 Å². The number of ether oxygens (including phenoxy) is 1. The monoisotopic (exact) mass is 686 g/mol. The first-order valence-electron chi connectivity index (χ1n) is 19.0. The molecule has 9 nitrogen and oxygen atoms in total. The van der Waals surface area contributed by atoms with Crippen molar-refractivity contribution >= 4 is 33.6 Å². The summed E-state index contributed by atoms with van der Waals surface area (Å²) in [6.45, 7) is 8.93. The number of benzene rings is 3. The molecule has 9 heteroatoms. The molecule has 0 spiro atoms. The van der Waals surface area contributed by atoms with Crippen molar-refractivity contribution < 1.29 is 14.3 Å². The average Bonchev–Trinajstić information content (AvgIpc) is 3.95. The molecule has 2 aliphatic heterocycles. The zero-order valence-electron chi connectivity index (χ0n) is 30.6. The number of aromatic amines is 2. The van der Waals surface area contributed by atoms with Crippen LogP contribution < -0.4 is 0 Å². The average molecular weight is 687 g/mol. The van der Waals surface area contributed by atoms with E-state index in [4.69, 9.17) is 14.7 Å². The van der Waals surface area contributed by atoms with Crippen molar-refractivity contribution in [1.82, 2.24) is 29.7 Å². The number of methoxy groups -OCH3 is 1. The van der Waals surface area contributed by atoms with Crippen LogP contribution in [0.4, 0.5) is 0 Å². The van der Waals surface area contributed by atoms with Crippen LogP contribution in [0.5, 0.6) is 0 Å². The summed E-state index contributed by atoms with van der Waals surface area (Å²) in [7, 11) is 1.64. The van der Waals surface area contributed by atoms with Crippen molar-refractivity contribution in [1.29, 1.82) is 0 Å². The Kier molecular flexibility index (Phi) is 8.95. The first-order chi connectivity index (χ1) is 24.7. The largest absolute Gasteiger partial charge is 0.384 e. The van der Waals surface area contributed by atoms with Crippen LogP contribution in [0.25, 0.3) is 44.2 Å². The molecule has 8 rings (SSSR count). The maximum Gasteiger partial charge on any atom is 0.225 e. The molecule has 4 atom stereocenters. The molecule has 2 N–H and O–H groups in total. The standard InChI is InChI=1S/C42H50N6O3/c1-24(2)21-39(50)48-26(4)9-17-36(48)41-43-23-35(45-41)33-15-14-29(31-7-6-8-32(31)33)27-11-13-30-28(22-27)12-16-34-40(30)46-42(44-34)37-18-10-25(3)47(37)38(49)19-20-51-5/h11-16,22-26,36-37H,6-10,17-21H2,1-5H3,(H,43,45)(H,44,46)/t25-,26-,36-,37-/m0/s1. The zero-order valence-corrected chi connectivity index (χ0v) is 30.6. The predicted molar refractivity (Wildman–Crippen MR) is 201 cm³/mol. The number of rotatable bonds is 9. The minimum atomic E-state index is -0.0499. The number of amides is 2. The Balaban J connectivity index is 1.08. The van der Waals surface area contributed by atoms with Gasteiger partial charge in [-0.15, -0.1) is 0 Å². The van der Waals surface area contributed by atoms with Crippen LogP contribution in [0.3, 0.4) is 0 Å². The Morgan fingerprint density at radius 2 is 1.57 bits per heavy atom. The SMILES string of the molecule is COCCC(=O)N1[C@@H](C)CC[C@H]1c1nc2c(ccc3cc(-c4ccc(-c5cnc([C@@H]6CC[C@H](C)N6C(=O)CC(C)C)[nH]5)c5c4CCC5)ccc32)[nH]1. The summed E-state index contributed by atoms with van der Waals surface area (Å²) in [5.74, 6) is 2.45. The highest BCUT2D eigenvalue weighted by atomic mass is 16.5. The summed E-state index contributed by atoms with van der Waals surface area (Å²) in [6, 6.07) is 16.0. The fraction of sp³-hybridized carbons (Fsp3) is 0.476. The molecule has 266 valence electrons. The highest BCUT2D eigenvalue weighted by Gasteiger charge is 2.38. The minimum Gasteiger partial charge on any atom is -0.384 e. The first-order valence-corrected chi connectivity index (χ1v) is 19.0. The van der Waals surface area contributed by atoms with Crippen LogP contribution in [0.15, 0.2) is 48.7 Å². The lowest BCUT2D eigenvalue weighted by Crippen LogP contribution is -2.36. The van der Waals surface area contributed by atoms with Gasteiger partial charge in [-0.2, -0.15) is 0 Å². The van der Waals surface area contributed by atoms with E-state index >= 15 is 0 Å². The van der Waals surface area contributed by atoms with Crippen molar-refractivity contribution in [3.05, 3.63) is 71.4 Å². The van der Waals surface area contributed by atoms with Gasteiger partial charge in [0.25, 0.3) is 0 Å². The highest BCUT2D eigenvalue weighted by Crippen LogP contribution is 2.42. The van der Waals surface area contributed by atoms with Crippen molar-refractivity contribution in [3.63, 3.8) is 0 Å². The van der Waals surface area contributed by atoms with Gasteiger partial charge in [-0.05, 0) is 104 Å². The minimum absolute atomic E-state index is 0.00559. The maximum absolute atomic E-state index is 13.2. The quantitative estimate of drug-likeness (QED) is 0.162. The normalized spacial score (nSPS) is 21.8. The second-order valence-electron chi connectivity index (χ2n) is 15.5. The fourth-order valence-electron chi connectivity index (χ4n) is 9.14. The van der Waals surface area contributed by atoms with Crippen LogP contribution in [0.2, 0.25) is 0 Å². The van der Waals surface area contributed by atoms with Crippen LogP contribution in [-0.4, -0.2) is 67.4 Å². The summed E-state index contributed by atoms with van der Waals surface area (Å²) in [5, 5.41) is 2.27. The van der Waals surface area contributed by atoms with Crippen LogP contribution in [0.1, 0.15) is 108 Å². The van der Waals surface area contributed by atoms with E-state index in [1.54, 1.807) is 7.11 Å². The molecule has 1 aliphatic carbocycles. The van der Waals surface area contributed by atoms with Gasteiger partial charge in [-0.3, -0.25) is 9.59 Å². The summed E-state index contributed by atoms with van der Waals surface area (Å²) in [6.07, 6.45) is 9.96. The Morgan fingerprint density at radius 3 is 2.31 bits per heavy atom. The smallest absolute Gasteiger partial charge is 0.225 e. The number of aromatic nitrogens is 4. The van der Waals surface area contributed by atoms with E-state index in [0.717, 1.165) is 84.1 Å². The molecule has 51 heavy (non-hydrogen) atoms. The van der Waals surface area contributed by atoms with E-state index in [2.05, 4.69) is 85.0 Å². The number of hydrogen-bond acceptors (Lipinski definition) is 5. The molecule has 5 aromatic rings. The van der Waals surface area contributed by atoms with Gasteiger partial charge in [0.05, 0.1) is 48.0 Å². The van der Waals surface area contributed by atoms with Gasteiger partial charge in [-0.25, -0.2) is 9.97 Å². The summed E-state index contributed by atoms with van der Waals surface area (Å²) in [5.41, 5.74) is 9.53. The topological polar surface area (TPSA) is 107 Å². The molecule has 3 aromatic carbocycles. The number of carbonyl (C=O) groups is 2. The number of imidazole rings is 2. The number of nitrogens with zero attached hydrogens (tertiary/aromatic N) is 4. The number of fused-ring (bicyclic) bond motifs is 4. The molecule has 2 aromatic heterocycles. The lowest BCUT2D eigenvalue weighted by Gasteiger charge is -2.28. The molecule has 2 fully saturated rings. The van der Waals surface area contributed by atoms with Gasteiger partial charge in [0.15, 0.2) is 0 Å². The van der Waals surface area contributed by atoms with Gasteiger partial charge in [-0.1, -0.05) is 44.2 Å². The number of nitrogens with one attached hydrogen (secondary N) is 2. The van der Waals surface area contributed by atoms with E-state index in [9.17, 15) is 9.59 Å². The van der Waals surface area contributed by atoms with Crippen molar-refractivity contribution in [2.45, 2.75) is 110 Å². The van der Waals surface area contributed by atoms with Crippen molar-refractivity contribution in [2.75, 3.05) is 13.7 Å².